The number of aliphatic hydroxyl groups excluding tert-OH is 1. The van der Waals surface area contributed by atoms with Crippen molar-refractivity contribution in [2.75, 3.05) is 39.4 Å². The Balaban J connectivity index is 1.16. The monoisotopic (exact) mass is 621 g/mol. The molecule has 7 nitrogen and oxygen atoms in total. The number of aliphatic hydroxyl groups is 1. The van der Waals surface area contributed by atoms with Gasteiger partial charge in [0.1, 0.15) is 17.5 Å². The normalized spacial score (nSPS) is 17.7. The highest BCUT2D eigenvalue weighted by Gasteiger charge is 2.36. The van der Waals surface area contributed by atoms with E-state index in [1.165, 1.54) is 18.4 Å². The minimum Gasteiger partial charge on any atom is -0.494 e. The molecule has 1 fully saturated rings. The molecule has 226 valence electrons. The summed E-state index contributed by atoms with van der Waals surface area (Å²) in [5.74, 6) is 1.91. The van der Waals surface area contributed by atoms with E-state index in [4.69, 9.17) is 32.7 Å². The lowest BCUT2D eigenvalue weighted by Gasteiger charge is -2.35. The van der Waals surface area contributed by atoms with Crippen LogP contribution in [0.1, 0.15) is 48.5 Å². The molecule has 1 unspecified atom stereocenters. The zero-order chi connectivity index (χ0) is 29.8. The maximum atomic E-state index is 13.5. The van der Waals surface area contributed by atoms with Gasteiger partial charge in [-0.15, -0.1) is 0 Å². The van der Waals surface area contributed by atoms with Crippen LogP contribution in [0.25, 0.3) is 10.9 Å². The Morgan fingerprint density at radius 1 is 0.930 bits per heavy atom. The highest BCUT2D eigenvalue weighted by atomic mass is 35.5. The molecule has 1 atom stereocenters. The fraction of sp³-hybridized carbons (Fsp3) is 0.382. The first kappa shape index (κ1) is 29.8. The molecule has 1 saturated heterocycles. The SMILES string of the molecule is O=C(Oc1ccc(Cl)cc1)N1CCc2c([nH]c3ccc(Cl)cc23)C1c1ccc(OCCCN2CCC(CCO)CC2)cc1. The van der Waals surface area contributed by atoms with Crippen LogP contribution in [0, 0.1) is 5.92 Å². The van der Waals surface area contributed by atoms with Crippen molar-refractivity contribution in [3.05, 3.63) is 93.6 Å². The fourth-order valence-electron chi connectivity index (χ4n) is 6.37. The maximum Gasteiger partial charge on any atom is 0.416 e. The molecule has 1 amide bonds. The van der Waals surface area contributed by atoms with Crippen molar-refractivity contribution in [2.24, 2.45) is 5.92 Å². The molecule has 2 aliphatic heterocycles. The Kier molecular flexibility index (Phi) is 9.43. The van der Waals surface area contributed by atoms with Crippen LogP contribution in [0.4, 0.5) is 4.79 Å². The third-order valence-electron chi connectivity index (χ3n) is 8.67. The number of hydrogen-bond acceptors (Lipinski definition) is 5. The minimum atomic E-state index is -0.421. The molecule has 6 rings (SSSR count). The standard InChI is InChI=1S/C34H37Cl2N3O4/c35-25-4-9-28(10-5-25)43-34(41)39-19-14-29-30-22-26(36)6-11-31(30)37-32(29)33(39)24-2-7-27(8-3-24)42-21-1-16-38-17-12-23(13-18-38)15-20-40/h2-11,22-23,33,37,40H,1,12-21H2. The second kappa shape index (κ2) is 13.6. The van der Waals surface area contributed by atoms with Crippen LogP contribution in [0.15, 0.2) is 66.7 Å². The minimum absolute atomic E-state index is 0.293. The predicted molar refractivity (Wildman–Crippen MR) is 170 cm³/mol. The van der Waals surface area contributed by atoms with Gasteiger partial charge in [0, 0.05) is 46.3 Å². The van der Waals surface area contributed by atoms with Gasteiger partial charge < -0.3 is 24.5 Å². The third-order valence-corrected chi connectivity index (χ3v) is 9.16. The Morgan fingerprint density at radius 2 is 1.65 bits per heavy atom. The first-order valence-electron chi connectivity index (χ1n) is 15.1. The second-order valence-electron chi connectivity index (χ2n) is 11.4. The number of fused-ring (bicyclic) bond motifs is 3. The van der Waals surface area contributed by atoms with Gasteiger partial charge in [-0.1, -0.05) is 35.3 Å². The van der Waals surface area contributed by atoms with Gasteiger partial charge in [0.15, 0.2) is 0 Å². The number of likely N-dealkylation sites (tertiary alicyclic amines) is 1. The zero-order valence-corrected chi connectivity index (χ0v) is 25.6. The number of nitrogens with zero attached hydrogens (tertiary/aromatic N) is 2. The summed E-state index contributed by atoms with van der Waals surface area (Å²) in [6.07, 6.45) is 4.47. The van der Waals surface area contributed by atoms with E-state index in [2.05, 4.69) is 9.88 Å². The smallest absolute Gasteiger partial charge is 0.416 e. The summed E-state index contributed by atoms with van der Waals surface area (Å²) in [5.41, 5.74) is 4.08. The Labute approximate surface area is 262 Å². The first-order valence-corrected chi connectivity index (χ1v) is 15.8. The number of ether oxygens (including phenoxy) is 2. The summed E-state index contributed by atoms with van der Waals surface area (Å²) < 4.78 is 11.9. The van der Waals surface area contributed by atoms with Gasteiger partial charge in [0.2, 0.25) is 0 Å². The first-order chi connectivity index (χ1) is 21.0. The molecule has 0 spiro atoms. The molecule has 3 heterocycles. The number of hydrogen-bond donors (Lipinski definition) is 2. The van der Waals surface area contributed by atoms with Crippen molar-refractivity contribution in [3.63, 3.8) is 0 Å². The molecule has 0 radical (unpaired) electrons. The van der Waals surface area contributed by atoms with Gasteiger partial charge in [-0.05, 0) is 117 Å². The van der Waals surface area contributed by atoms with Gasteiger partial charge in [-0.25, -0.2) is 4.79 Å². The molecule has 1 aromatic heterocycles. The second-order valence-corrected chi connectivity index (χ2v) is 12.3. The van der Waals surface area contributed by atoms with Crippen molar-refractivity contribution in [1.82, 2.24) is 14.8 Å². The van der Waals surface area contributed by atoms with Crippen molar-refractivity contribution in [2.45, 2.75) is 38.1 Å². The Morgan fingerprint density at radius 3 is 2.40 bits per heavy atom. The number of rotatable bonds is 9. The quantitative estimate of drug-likeness (QED) is 0.189. The predicted octanol–water partition coefficient (Wildman–Crippen LogP) is 7.48. The molecule has 2 N–H and O–H groups in total. The molecule has 0 saturated carbocycles. The lowest BCUT2D eigenvalue weighted by molar-refractivity contribution is 0.135. The van der Waals surface area contributed by atoms with E-state index in [0.29, 0.717) is 47.9 Å². The van der Waals surface area contributed by atoms with Crippen molar-refractivity contribution in [1.29, 1.82) is 0 Å². The number of aromatic nitrogens is 1. The Bertz CT molecular complexity index is 1530. The molecule has 9 heteroatoms. The third kappa shape index (κ3) is 6.96. The molecule has 0 aliphatic carbocycles. The molecule has 3 aromatic carbocycles. The van der Waals surface area contributed by atoms with Crippen LogP contribution in [0.3, 0.4) is 0 Å². The molecule has 2 aliphatic rings. The summed E-state index contributed by atoms with van der Waals surface area (Å²) in [5, 5.41) is 11.5. The number of aromatic amines is 1. The van der Waals surface area contributed by atoms with Crippen LogP contribution >= 0.6 is 23.2 Å². The number of carbonyl (C=O) groups excluding carboxylic acids is 1. The van der Waals surface area contributed by atoms with Gasteiger partial charge >= 0.3 is 6.09 Å². The van der Waals surface area contributed by atoms with Crippen molar-refractivity contribution < 1.29 is 19.4 Å². The van der Waals surface area contributed by atoms with E-state index in [9.17, 15) is 9.90 Å². The van der Waals surface area contributed by atoms with Crippen LogP contribution < -0.4 is 9.47 Å². The summed E-state index contributed by atoms with van der Waals surface area (Å²) >= 11 is 12.4. The van der Waals surface area contributed by atoms with Crippen LogP contribution in [0.2, 0.25) is 10.0 Å². The number of amides is 1. The number of nitrogens with one attached hydrogen (secondary N) is 1. The van der Waals surface area contributed by atoms with Crippen LogP contribution in [-0.4, -0.2) is 65.4 Å². The van der Waals surface area contributed by atoms with Crippen LogP contribution in [-0.2, 0) is 6.42 Å². The summed E-state index contributed by atoms with van der Waals surface area (Å²) in [6.45, 7) is 4.65. The summed E-state index contributed by atoms with van der Waals surface area (Å²) in [7, 11) is 0. The van der Waals surface area contributed by atoms with Crippen LogP contribution in [0.5, 0.6) is 11.5 Å². The number of carbonyl (C=O) groups is 1. The topological polar surface area (TPSA) is 78.0 Å². The highest BCUT2D eigenvalue weighted by molar-refractivity contribution is 6.31. The van der Waals surface area contributed by atoms with Gasteiger partial charge in [0.05, 0.1) is 6.61 Å². The van der Waals surface area contributed by atoms with Gasteiger partial charge in [-0.2, -0.15) is 0 Å². The van der Waals surface area contributed by atoms with E-state index < -0.39 is 6.09 Å². The van der Waals surface area contributed by atoms with Crippen molar-refractivity contribution >= 4 is 40.2 Å². The van der Waals surface area contributed by atoms with Crippen molar-refractivity contribution in [3.8, 4) is 11.5 Å². The molecule has 0 bridgehead atoms. The van der Waals surface area contributed by atoms with Gasteiger partial charge in [-0.3, -0.25) is 4.90 Å². The lowest BCUT2D eigenvalue weighted by atomic mass is 9.92. The van der Waals surface area contributed by atoms with Gasteiger partial charge in [0.25, 0.3) is 0 Å². The van der Waals surface area contributed by atoms with E-state index >= 15 is 0 Å². The van der Waals surface area contributed by atoms with E-state index in [0.717, 1.165) is 60.4 Å². The number of halogens is 2. The Hall–Kier alpha value is -3.23. The zero-order valence-electron chi connectivity index (χ0n) is 24.1. The molecular weight excluding hydrogens is 585 g/mol. The molecular formula is C34H37Cl2N3O4. The molecule has 43 heavy (non-hydrogen) atoms. The highest BCUT2D eigenvalue weighted by Crippen LogP contribution is 2.40. The largest absolute Gasteiger partial charge is 0.494 e. The fourth-order valence-corrected chi connectivity index (χ4v) is 6.67. The number of benzene rings is 3. The van der Waals surface area contributed by atoms with E-state index in [-0.39, 0.29) is 6.04 Å². The lowest BCUT2D eigenvalue weighted by Crippen LogP contribution is -2.42. The number of piperidine rings is 1. The maximum absolute atomic E-state index is 13.5. The summed E-state index contributed by atoms with van der Waals surface area (Å²) in [4.78, 5) is 21.4. The average Bonchev–Trinajstić information content (AvgIpc) is 3.39. The molecule has 4 aromatic rings. The average molecular weight is 623 g/mol. The van der Waals surface area contributed by atoms with E-state index in [1.807, 2.05) is 42.5 Å². The van der Waals surface area contributed by atoms with E-state index in [1.54, 1.807) is 29.2 Å². The summed E-state index contributed by atoms with van der Waals surface area (Å²) in [6, 6.07) is 20.3. The number of H-pyrrole nitrogens is 1.